The molecule has 1 saturated heterocycles. The third-order valence-electron chi connectivity index (χ3n) is 3.51. The largest absolute Gasteiger partial charge is 0.370 e. The minimum Gasteiger partial charge on any atom is -0.370 e. The van der Waals surface area contributed by atoms with Gasteiger partial charge >= 0.3 is 0 Å². The van der Waals surface area contributed by atoms with Crippen LogP contribution in [0.4, 0.5) is 5.69 Å². The van der Waals surface area contributed by atoms with Gasteiger partial charge in [-0.15, -0.1) is 0 Å². The Morgan fingerprint density at radius 2 is 2.11 bits per heavy atom. The molecule has 0 atom stereocenters. The van der Waals surface area contributed by atoms with Gasteiger partial charge in [0.1, 0.15) is 0 Å². The highest BCUT2D eigenvalue weighted by Gasteiger charge is 2.21. The molecule has 2 aromatic rings. The van der Waals surface area contributed by atoms with Crippen molar-refractivity contribution < 1.29 is 8.42 Å². The first-order valence-electron chi connectivity index (χ1n) is 6.29. The van der Waals surface area contributed by atoms with E-state index in [9.17, 15) is 8.42 Å². The fourth-order valence-corrected chi connectivity index (χ4v) is 3.76. The summed E-state index contributed by atoms with van der Waals surface area (Å²) in [6.45, 7) is 1.30. The van der Waals surface area contributed by atoms with E-state index in [2.05, 4.69) is 15.0 Å². The number of pyridine rings is 1. The van der Waals surface area contributed by atoms with Crippen LogP contribution < -0.4 is 4.90 Å². The zero-order chi connectivity index (χ0) is 13.5. The summed E-state index contributed by atoms with van der Waals surface area (Å²) in [7, 11) is -1.03. The number of aromatic nitrogens is 3. The average Bonchev–Trinajstić information content (AvgIpc) is 2.65. The van der Waals surface area contributed by atoms with Crippen molar-refractivity contribution in [1.29, 1.82) is 0 Å². The molecule has 0 unspecified atom stereocenters. The second kappa shape index (κ2) is 4.48. The summed E-state index contributed by atoms with van der Waals surface area (Å²) in [5.74, 6) is 0.502. The molecular weight excluding hydrogens is 264 g/mol. The normalized spacial score (nSPS) is 19.5. The van der Waals surface area contributed by atoms with Gasteiger partial charge in [-0.05, 0) is 12.5 Å². The number of rotatable bonds is 1. The van der Waals surface area contributed by atoms with Gasteiger partial charge in [-0.3, -0.25) is 4.68 Å². The van der Waals surface area contributed by atoms with Crippen LogP contribution >= 0.6 is 0 Å². The Labute approximate surface area is 112 Å². The molecule has 0 aromatic carbocycles. The quantitative estimate of drug-likeness (QED) is 0.765. The highest BCUT2D eigenvalue weighted by Crippen LogP contribution is 2.25. The van der Waals surface area contributed by atoms with Crippen molar-refractivity contribution in [3.8, 4) is 0 Å². The molecule has 0 amide bonds. The molecule has 1 fully saturated rings. The van der Waals surface area contributed by atoms with E-state index in [-0.39, 0.29) is 11.5 Å². The third-order valence-corrected chi connectivity index (χ3v) is 5.22. The smallest absolute Gasteiger partial charge is 0.159 e. The molecule has 0 N–H and O–H groups in total. The molecule has 0 bridgehead atoms. The molecule has 3 rings (SSSR count). The summed E-state index contributed by atoms with van der Waals surface area (Å²) in [6.07, 6.45) is 4.21. The van der Waals surface area contributed by atoms with Gasteiger partial charge in [-0.1, -0.05) is 0 Å². The van der Waals surface area contributed by atoms with Gasteiger partial charge in [0.05, 0.1) is 28.8 Å². The average molecular weight is 280 g/mol. The van der Waals surface area contributed by atoms with E-state index in [0.29, 0.717) is 13.0 Å². The monoisotopic (exact) mass is 280 g/mol. The lowest BCUT2D eigenvalue weighted by atomic mass is 10.2. The molecule has 102 valence electrons. The lowest BCUT2D eigenvalue weighted by molar-refractivity contribution is 0.597. The molecule has 0 spiro atoms. The first-order valence-corrected chi connectivity index (χ1v) is 8.11. The standard InChI is InChI=1S/C12H16N4O2S/c1-15-12-10(9-14-15)11(3-4-13-12)16-5-2-7-19(17,18)8-6-16/h3-4,9H,2,5-8H2,1H3. The van der Waals surface area contributed by atoms with Gasteiger partial charge in [0.15, 0.2) is 15.5 Å². The highest BCUT2D eigenvalue weighted by atomic mass is 32.2. The van der Waals surface area contributed by atoms with Crippen molar-refractivity contribution in [3.05, 3.63) is 18.5 Å². The topological polar surface area (TPSA) is 68.1 Å². The van der Waals surface area contributed by atoms with Crippen LogP contribution in [0.5, 0.6) is 0 Å². The Morgan fingerprint density at radius 1 is 1.26 bits per heavy atom. The Bertz CT molecular complexity index is 708. The fraction of sp³-hybridized carbons (Fsp3) is 0.500. The van der Waals surface area contributed by atoms with E-state index in [1.165, 1.54) is 0 Å². The van der Waals surface area contributed by atoms with Crippen LogP contribution in [0.3, 0.4) is 0 Å². The summed E-state index contributed by atoms with van der Waals surface area (Å²) >= 11 is 0. The second-order valence-corrected chi connectivity index (χ2v) is 7.13. The van der Waals surface area contributed by atoms with E-state index >= 15 is 0 Å². The van der Waals surface area contributed by atoms with Crippen molar-refractivity contribution in [3.63, 3.8) is 0 Å². The van der Waals surface area contributed by atoms with E-state index < -0.39 is 9.84 Å². The predicted molar refractivity (Wildman–Crippen MR) is 74.0 cm³/mol. The molecule has 7 heteroatoms. The Morgan fingerprint density at radius 3 is 2.95 bits per heavy atom. The molecular formula is C12H16N4O2S. The van der Waals surface area contributed by atoms with Crippen LogP contribution in [0.1, 0.15) is 6.42 Å². The Balaban J connectivity index is 2.00. The minimum atomic E-state index is -2.89. The van der Waals surface area contributed by atoms with Crippen molar-refractivity contribution in [2.75, 3.05) is 29.5 Å². The van der Waals surface area contributed by atoms with Crippen LogP contribution in [0, 0.1) is 0 Å². The molecule has 0 radical (unpaired) electrons. The van der Waals surface area contributed by atoms with Crippen molar-refractivity contribution in [2.45, 2.75) is 6.42 Å². The van der Waals surface area contributed by atoms with Crippen molar-refractivity contribution in [2.24, 2.45) is 7.05 Å². The van der Waals surface area contributed by atoms with Crippen LogP contribution in [0.2, 0.25) is 0 Å². The molecule has 6 nitrogen and oxygen atoms in total. The molecule has 1 aliphatic rings. The lowest BCUT2D eigenvalue weighted by Crippen LogP contribution is -2.26. The van der Waals surface area contributed by atoms with Gasteiger partial charge in [0.25, 0.3) is 0 Å². The molecule has 2 aromatic heterocycles. The number of sulfone groups is 1. The van der Waals surface area contributed by atoms with E-state index in [1.807, 2.05) is 13.1 Å². The number of hydrogen-bond donors (Lipinski definition) is 0. The van der Waals surface area contributed by atoms with Gasteiger partial charge in [-0.25, -0.2) is 13.4 Å². The predicted octanol–water partition coefficient (Wildman–Crippen LogP) is 0.593. The SMILES string of the molecule is Cn1ncc2c(N3CCCS(=O)(=O)CC3)ccnc21. The molecule has 1 aliphatic heterocycles. The summed E-state index contributed by atoms with van der Waals surface area (Å²) < 4.78 is 25.0. The maximum atomic E-state index is 11.7. The Hall–Kier alpha value is -1.63. The van der Waals surface area contributed by atoms with Gasteiger partial charge in [0, 0.05) is 26.3 Å². The zero-order valence-electron chi connectivity index (χ0n) is 10.8. The summed E-state index contributed by atoms with van der Waals surface area (Å²) in [5, 5.41) is 5.19. The molecule has 3 heterocycles. The molecule has 19 heavy (non-hydrogen) atoms. The van der Waals surface area contributed by atoms with Gasteiger partial charge in [-0.2, -0.15) is 5.10 Å². The summed E-state index contributed by atoms with van der Waals surface area (Å²) in [6, 6.07) is 1.93. The molecule has 0 aliphatic carbocycles. The number of hydrogen-bond acceptors (Lipinski definition) is 5. The minimum absolute atomic E-state index is 0.219. The van der Waals surface area contributed by atoms with Crippen LogP contribution in [-0.2, 0) is 16.9 Å². The lowest BCUT2D eigenvalue weighted by Gasteiger charge is -2.22. The van der Waals surface area contributed by atoms with E-state index in [4.69, 9.17) is 0 Å². The van der Waals surface area contributed by atoms with Crippen LogP contribution in [-0.4, -0.2) is 47.8 Å². The van der Waals surface area contributed by atoms with Gasteiger partial charge in [0.2, 0.25) is 0 Å². The zero-order valence-corrected chi connectivity index (χ0v) is 11.6. The third kappa shape index (κ3) is 2.30. The maximum Gasteiger partial charge on any atom is 0.159 e. The maximum absolute atomic E-state index is 11.7. The second-order valence-electron chi connectivity index (χ2n) is 4.83. The fourth-order valence-electron chi connectivity index (χ4n) is 2.49. The van der Waals surface area contributed by atoms with Crippen LogP contribution in [0.25, 0.3) is 11.0 Å². The van der Waals surface area contributed by atoms with Gasteiger partial charge < -0.3 is 4.90 Å². The van der Waals surface area contributed by atoms with E-state index in [0.717, 1.165) is 23.3 Å². The number of nitrogens with zero attached hydrogens (tertiary/aromatic N) is 4. The summed E-state index contributed by atoms with van der Waals surface area (Å²) in [5.41, 5.74) is 1.85. The highest BCUT2D eigenvalue weighted by molar-refractivity contribution is 7.91. The van der Waals surface area contributed by atoms with E-state index in [1.54, 1.807) is 17.1 Å². The summed E-state index contributed by atoms with van der Waals surface area (Å²) in [4.78, 5) is 6.43. The first kappa shape index (κ1) is 12.4. The first-order chi connectivity index (χ1) is 9.07. The molecule has 0 saturated carbocycles. The Kier molecular flexibility index (Phi) is 2.93. The van der Waals surface area contributed by atoms with Crippen molar-refractivity contribution >= 4 is 26.6 Å². The van der Waals surface area contributed by atoms with Crippen molar-refractivity contribution in [1.82, 2.24) is 14.8 Å². The van der Waals surface area contributed by atoms with Crippen LogP contribution in [0.15, 0.2) is 18.5 Å². The number of anilines is 1. The number of fused-ring (bicyclic) bond motifs is 1. The number of aryl methyl sites for hydroxylation is 1.